The third-order valence-electron chi connectivity index (χ3n) is 1.93. The largest absolute Gasteiger partial charge is 0.508 e. The van der Waals surface area contributed by atoms with Crippen LogP contribution in [0, 0.1) is 0 Å². The van der Waals surface area contributed by atoms with E-state index in [2.05, 4.69) is 11.4 Å². The number of phenolic OH excluding ortho intramolecular Hbond substituents is 1. The first-order chi connectivity index (χ1) is 6.74. The minimum Gasteiger partial charge on any atom is -0.508 e. The van der Waals surface area contributed by atoms with Crippen molar-refractivity contribution in [3.8, 4) is 5.75 Å². The van der Waals surface area contributed by atoms with Crippen LogP contribution in [0.5, 0.6) is 5.75 Å². The molecule has 0 spiro atoms. The zero-order valence-corrected chi connectivity index (χ0v) is 8.33. The first kappa shape index (κ1) is 10.6. The zero-order chi connectivity index (χ0) is 10.4. The number of aromatic hydroxyl groups is 1. The van der Waals surface area contributed by atoms with Gasteiger partial charge >= 0.3 is 0 Å². The highest BCUT2D eigenvalue weighted by Gasteiger charge is 1.95. The molecule has 0 amide bonds. The Bertz CT molecular complexity index is 321. The van der Waals surface area contributed by atoms with Crippen LogP contribution in [-0.4, -0.2) is 18.7 Å². The molecule has 0 unspecified atom stereocenters. The van der Waals surface area contributed by atoms with Crippen molar-refractivity contribution < 1.29 is 5.11 Å². The summed E-state index contributed by atoms with van der Waals surface area (Å²) in [5.74, 6) is 0.204. The highest BCUT2D eigenvalue weighted by Crippen LogP contribution is 2.19. The van der Waals surface area contributed by atoms with Crippen LogP contribution >= 0.6 is 0 Å². The first-order valence-electron chi connectivity index (χ1n) is 4.63. The summed E-state index contributed by atoms with van der Waals surface area (Å²) < 4.78 is 0. The van der Waals surface area contributed by atoms with Gasteiger partial charge in [0, 0.05) is 11.8 Å². The maximum atomic E-state index is 9.13. The quantitative estimate of drug-likeness (QED) is 0.501. The minimum absolute atomic E-state index is 0.204. The summed E-state index contributed by atoms with van der Waals surface area (Å²) in [5, 5.41) is 12.2. The van der Waals surface area contributed by atoms with Crippen LogP contribution in [0.1, 0.15) is 12.0 Å². The second-order valence-electron chi connectivity index (χ2n) is 3.11. The summed E-state index contributed by atoms with van der Waals surface area (Å²) in [4.78, 5) is 0. The molecule has 1 aromatic rings. The average molecular weight is 192 g/mol. The molecular formula is C11H16N2O. The molecule has 3 heteroatoms. The minimum atomic E-state index is 0.204. The van der Waals surface area contributed by atoms with Crippen LogP contribution in [0.2, 0.25) is 0 Å². The van der Waals surface area contributed by atoms with E-state index in [1.54, 1.807) is 18.2 Å². The summed E-state index contributed by atoms with van der Waals surface area (Å²) >= 11 is 0. The Balaban J connectivity index is 2.62. The van der Waals surface area contributed by atoms with Gasteiger partial charge in [0.1, 0.15) is 5.75 Å². The van der Waals surface area contributed by atoms with Gasteiger partial charge < -0.3 is 16.2 Å². The standard InChI is InChI=1S/C11H16N2O/c1-13-7-3-2-4-9-5-6-10(14)8-11(9)12/h2,4-6,8,13-14H,3,7,12H2,1H3. The topological polar surface area (TPSA) is 58.3 Å². The van der Waals surface area contributed by atoms with Crippen LogP contribution in [0.3, 0.4) is 0 Å². The lowest BCUT2D eigenvalue weighted by atomic mass is 10.1. The van der Waals surface area contributed by atoms with Crippen LogP contribution in [0.4, 0.5) is 5.69 Å². The molecule has 0 aliphatic heterocycles. The Labute approximate surface area is 84.3 Å². The van der Waals surface area contributed by atoms with Gasteiger partial charge in [-0.25, -0.2) is 0 Å². The Morgan fingerprint density at radius 3 is 2.93 bits per heavy atom. The fraction of sp³-hybridized carbons (Fsp3) is 0.273. The maximum absolute atomic E-state index is 9.13. The van der Waals surface area contributed by atoms with Gasteiger partial charge in [0.15, 0.2) is 0 Å². The molecule has 0 radical (unpaired) electrons. The van der Waals surface area contributed by atoms with Crippen molar-refractivity contribution in [1.29, 1.82) is 0 Å². The lowest BCUT2D eigenvalue weighted by Crippen LogP contribution is -2.05. The summed E-state index contributed by atoms with van der Waals surface area (Å²) in [5.41, 5.74) is 7.26. The Morgan fingerprint density at radius 1 is 1.50 bits per heavy atom. The van der Waals surface area contributed by atoms with Crippen molar-refractivity contribution in [2.45, 2.75) is 6.42 Å². The monoisotopic (exact) mass is 192 g/mol. The fourth-order valence-electron chi connectivity index (χ4n) is 1.15. The number of phenols is 1. The average Bonchev–Trinajstić information content (AvgIpc) is 2.15. The molecule has 14 heavy (non-hydrogen) atoms. The molecule has 0 aliphatic carbocycles. The number of nitrogen functional groups attached to an aromatic ring is 1. The Kier molecular flexibility index (Phi) is 4.01. The first-order valence-corrected chi connectivity index (χ1v) is 4.63. The second kappa shape index (κ2) is 5.29. The van der Waals surface area contributed by atoms with E-state index in [0.29, 0.717) is 5.69 Å². The molecule has 0 bridgehead atoms. The van der Waals surface area contributed by atoms with Gasteiger partial charge in [0.05, 0.1) is 0 Å². The van der Waals surface area contributed by atoms with Gasteiger partial charge in [-0.1, -0.05) is 12.2 Å². The normalized spacial score (nSPS) is 10.9. The molecule has 0 aromatic heterocycles. The molecule has 1 rings (SSSR count). The van der Waals surface area contributed by atoms with Crippen molar-refractivity contribution in [2.75, 3.05) is 19.3 Å². The van der Waals surface area contributed by atoms with Gasteiger partial charge in [0.2, 0.25) is 0 Å². The summed E-state index contributed by atoms with van der Waals surface area (Å²) in [6, 6.07) is 4.99. The van der Waals surface area contributed by atoms with E-state index in [-0.39, 0.29) is 5.75 Å². The van der Waals surface area contributed by atoms with Gasteiger partial charge in [-0.15, -0.1) is 0 Å². The molecule has 0 saturated carbocycles. The molecule has 0 heterocycles. The smallest absolute Gasteiger partial charge is 0.117 e. The van der Waals surface area contributed by atoms with E-state index in [9.17, 15) is 0 Å². The molecule has 0 aliphatic rings. The molecular weight excluding hydrogens is 176 g/mol. The number of benzene rings is 1. The summed E-state index contributed by atoms with van der Waals surface area (Å²) in [6.07, 6.45) is 4.99. The van der Waals surface area contributed by atoms with Crippen LogP contribution < -0.4 is 11.1 Å². The van der Waals surface area contributed by atoms with E-state index < -0.39 is 0 Å². The van der Waals surface area contributed by atoms with Crippen LogP contribution in [0.15, 0.2) is 24.3 Å². The number of nitrogens with one attached hydrogen (secondary N) is 1. The third-order valence-corrected chi connectivity index (χ3v) is 1.93. The highest BCUT2D eigenvalue weighted by molar-refractivity contribution is 5.65. The SMILES string of the molecule is CNCCC=Cc1ccc(O)cc1N. The van der Waals surface area contributed by atoms with E-state index in [0.717, 1.165) is 18.5 Å². The third kappa shape index (κ3) is 3.11. The van der Waals surface area contributed by atoms with Gasteiger partial charge in [-0.05, 0) is 37.7 Å². The fourth-order valence-corrected chi connectivity index (χ4v) is 1.15. The van der Waals surface area contributed by atoms with Crippen LogP contribution in [0.25, 0.3) is 6.08 Å². The van der Waals surface area contributed by atoms with Crippen LogP contribution in [-0.2, 0) is 0 Å². The predicted molar refractivity (Wildman–Crippen MR) is 60.1 cm³/mol. The van der Waals surface area contributed by atoms with Crippen molar-refractivity contribution in [3.05, 3.63) is 29.8 Å². The number of nitrogens with two attached hydrogens (primary N) is 1. The van der Waals surface area contributed by atoms with Crippen molar-refractivity contribution in [1.82, 2.24) is 5.32 Å². The van der Waals surface area contributed by atoms with Crippen molar-refractivity contribution in [3.63, 3.8) is 0 Å². The van der Waals surface area contributed by atoms with E-state index in [1.807, 2.05) is 13.1 Å². The number of hydrogen-bond donors (Lipinski definition) is 3. The van der Waals surface area contributed by atoms with Crippen molar-refractivity contribution in [2.24, 2.45) is 0 Å². The molecule has 0 saturated heterocycles. The Hall–Kier alpha value is -1.48. The molecule has 0 atom stereocenters. The summed E-state index contributed by atoms with van der Waals surface area (Å²) in [6.45, 7) is 0.953. The van der Waals surface area contributed by atoms with E-state index >= 15 is 0 Å². The lowest BCUT2D eigenvalue weighted by Gasteiger charge is -2.00. The van der Waals surface area contributed by atoms with Gasteiger partial charge in [-0.3, -0.25) is 0 Å². The Morgan fingerprint density at radius 2 is 2.29 bits per heavy atom. The molecule has 1 aromatic carbocycles. The van der Waals surface area contributed by atoms with E-state index in [1.165, 1.54) is 0 Å². The van der Waals surface area contributed by atoms with Gasteiger partial charge in [0.25, 0.3) is 0 Å². The van der Waals surface area contributed by atoms with Crippen molar-refractivity contribution >= 4 is 11.8 Å². The van der Waals surface area contributed by atoms with Gasteiger partial charge in [-0.2, -0.15) is 0 Å². The predicted octanol–water partition coefficient (Wildman–Crippen LogP) is 1.60. The molecule has 3 nitrogen and oxygen atoms in total. The molecule has 0 fully saturated rings. The second-order valence-corrected chi connectivity index (χ2v) is 3.11. The molecule has 76 valence electrons. The number of hydrogen-bond acceptors (Lipinski definition) is 3. The highest BCUT2D eigenvalue weighted by atomic mass is 16.3. The maximum Gasteiger partial charge on any atom is 0.117 e. The zero-order valence-electron chi connectivity index (χ0n) is 8.33. The number of rotatable bonds is 4. The van der Waals surface area contributed by atoms with E-state index in [4.69, 9.17) is 10.8 Å². The lowest BCUT2D eigenvalue weighted by molar-refractivity contribution is 0.475. The summed E-state index contributed by atoms with van der Waals surface area (Å²) in [7, 11) is 1.92. The number of anilines is 1. The molecule has 4 N–H and O–H groups in total.